The number of hydrogen-bond donors (Lipinski definition) is 2. The highest BCUT2D eigenvalue weighted by molar-refractivity contribution is 5.58. The summed E-state index contributed by atoms with van der Waals surface area (Å²) in [6, 6.07) is 0. The monoisotopic (exact) mass is 248 g/mol. The van der Waals surface area contributed by atoms with Crippen LogP contribution in [-0.2, 0) is 0 Å². The molecule has 0 radical (unpaired) electrons. The van der Waals surface area contributed by atoms with Gasteiger partial charge in [-0.15, -0.1) is 0 Å². The second-order valence-corrected chi connectivity index (χ2v) is 5.91. The quantitative estimate of drug-likeness (QED) is 0.840. The molecule has 4 nitrogen and oxygen atoms in total. The number of rotatable bonds is 5. The first-order valence-corrected chi connectivity index (χ1v) is 6.82. The number of aromatic nitrogens is 2. The van der Waals surface area contributed by atoms with E-state index >= 15 is 0 Å². The van der Waals surface area contributed by atoms with Crippen LogP contribution in [0.4, 0.5) is 11.6 Å². The van der Waals surface area contributed by atoms with Crippen LogP contribution in [-0.4, -0.2) is 23.6 Å². The van der Waals surface area contributed by atoms with Crippen molar-refractivity contribution in [2.45, 2.75) is 46.0 Å². The van der Waals surface area contributed by atoms with Crippen LogP contribution in [0.2, 0.25) is 0 Å². The summed E-state index contributed by atoms with van der Waals surface area (Å²) in [6.45, 7) is 7.71. The maximum Gasteiger partial charge on any atom is 0.135 e. The first-order valence-electron chi connectivity index (χ1n) is 6.82. The maximum absolute atomic E-state index is 4.41. The Hall–Kier alpha value is -1.32. The zero-order valence-electron chi connectivity index (χ0n) is 11.9. The van der Waals surface area contributed by atoms with E-state index < -0.39 is 0 Å². The van der Waals surface area contributed by atoms with Gasteiger partial charge in [-0.1, -0.05) is 27.2 Å². The molecule has 4 heteroatoms. The molecular weight excluding hydrogens is 224 g/mol. The van der Waals surface area contributed by atoms with Crippen molar-refractivity contribution >= 4 is 11.6 Å². The molecule has 18 heavy (non-hydrogen) atoms. The largest absolute Gasteiger partial charge is 0.373 e. The van der Waals surface area contributed by atoms with Gasteiger partial charge in [0.1, 0.15) is 18.0 Å². The van der Waals surface area contributed by atoms with Crippen molar-refractivity contribution in [3.05, 3.63) is 11.9 Å². The molecule has 2 rings (SSSR count). The van der Waals surface area contributed by atoms with E-state index in [1.54, 1.807) is 6.33 Å². The van der Waals surface area contributed by atoms with Crippen molar-refractivity contribution < 1.29 is 0 Å². The summed E-state index contributed by atoms with van der Waals surface area (Å²) >= 11 is 0. The van der Waals surface area contributed by atoms with Crippen molar-refractivity contribution in [2.24, 2.45) is 5.41 Å². The molecule has 1 aliphatic rings. The highest BCUT2D eigenvalue weighted by Crippen LogP contribution is 2.40. The zero-order chi connectivity index (χ0) is 13.2. The normalized spacial score (nSPS) is 17.4. The summed E-state index contributed by atoms with van der Waals surface area (Å²) in [7, 11) is 1.91. The van der Waals surface area contributed by atoms with E-state index in [0.717, 1.165) is 18.2 Å². The van der Waals surface area contributed by atoms with Crippen LogP contribution in [0.3, 0.4) is 0 Å². The minimum absolute atomic E-state index is 0.408. The predicted octanol–water partition coefficient (Wildman–Crippen LogP) is 3.24. The van der Waals surface area contributed by atoms with Crippen LogP contribution in [0, 0.1) is 5.41 Å². The zero-order valence-corrected chi connectivity index (χ0v) is 11.9. The number of anilines is 2. The Morgan fingerprint density at radius 3 is 2.44 bits per heavy atom. The van der Waals surface area contributed by atoms with Gasteiger partial charge in [0.25, 0.3) is 0 Å². The fourth-order valence-corrected chi connectivity index (χ4v) is 2.54. The average Bonchev–Trinajstić information content (AvgIpc) is 2.33. The second-order valence-electron chi connectivity index (χ2n) is 5.91. The van der Waals surface area contributed by atoms with Gasteiger partial charge in [0.2, 0.25) is 0 Å². The molecule has 100 valence electrons. The minimum atomic E-state index is 0.408. The van der Waals surface area contributed by atoms with Crippen LogP contribution < -0.4 is 10.6 Å². The lowest BCUT2D eigenvalue weighted by molar-refractivity contribution is 0.179. The maximum atomic E-state index is 4.41. The van der Waals surface area contributed by atoms with Crippen LogP contribution >= 0.6 is 0 Å². The lowest BCUT2D eigenvalue weighted by atomic mass is 9.70. The minimum Gasteiger partial charge on any atom is -0.373 e. The van der Waals surface area contributed by atoms with E-state index in [2.05, 4.69) is 41.4 Å². The molecule has 1 heterocycles. The number of hydrogen-bond acceptors (Lipinski definition) is 4. The van der Waals surface area contributed by atoms with Gasteiger partial charge in [-0.2, -0.15) is 0 Å². The molecule has 1 aromatic heterocycles. The predicted molar refractivity (Wildman–Crippen MR) is 76.1 cm³/mol. The number of nitrogens with one attached hydrogen (secondary N) is 2. The van der Waals surface area contributed by atoms with Crippen LogP contribution in [0.1, 0.15) is 51.5 Å². The molecule has 2 N–H and O–H groups in total. The van der Waals surface area contributed by atoms with E-state index in [0.29, 0.717) is 11.3 Å². The van der Waals surface area contributed by atoms with Gasteiger partial charge in [-0.05, 0) is 24.2 Å². The molecule has 0 amide bonds. The molecule has 0 unspecified atom stereocenters. The lowest BCUT2D eigenvalue weighted by Crippen LogP contribution is -2.33. The van der Waals surface area contributed by atoms with E-state index in [4.69, 9.17) is 0 Å². The molecule has 0 saturated heterocycles. The summed E-state index contributed by atoms with van der Waals surface area (Å²) < 4.78 is 0. The Morgan fingerprint density at radius 2 is 1.94 bits per heavy atom. The molecule has 1 aliphatic carbocycles. The fourth-order valence-electron chi connectivity index (χ4n) is 2.54. The average molecular weight is 248 g/mol. The first-order chi connectivity index (χ1) is 8.56. The van der Waals surface area contributed by atoms with E-state index in [-0.39, 0.29) is 0 Å². The highest BCUT2D eigenvalue weighted by Gasteiger charge is 2.31. The fraction of sp³-hybridized carbons (Fsp3) is 0.714. The summed E-state index contributed by atoms with van der Waals surface area (Å²) in [6.07, 6.45) is 5.63. The van der Waals surface area contributed by atoms with Gasteiger partial charge < -0.3 is 10.6 Å². The molecule has 1 fully saturated rings. The Morgan fingerprint density at radius 1 is 1.28 bits per heavy atom. The van der Waals surface area contributed by atoms with Crippen molar-refractivity contribution in [3.63, 3.8) is 0 Å². The Labute approximate surface area is 110 Å². The third kappa shape index (κ3) is 2.57. The van der Waals surface area contributed by atoms with Crippen LogP contribution in [0.5, 0.6) is 0 Å². The van der Waals surface area contributed by atoms with Gasteiger partial charge in [0.05, 0.1) is 0 Å². The SMILES string of the molecule is CNc1ncnc(NCC2(C)CCC2)c1C(C)C. The molecule has 1 saturated carbocycles. The standard InChI is InChI=1S/C14H24N4/c1-10(2)11-12(15-4)17-9-18-13(11)16-8-14(3)6-5-7-14/h9-10H,5-8H2,1-4H3,(H2,15,16,17,18). The molecule has 0 aromatic carbocycles. The van der Waals surface area contributed by atoms with Gasteiger partial charge in [-0.3, -0.25) is 0 Å². The Bertz CT molecular complexity index is 410. The number of nitrogens with zero attached hydrogens (tertiary/aromatic N) is 2. The van der Waals surface area contributed by atoms with Gasteiger partial charge in [0, 0.05) is 19.2 Å². The van der Waals surface area contributed by atoms with Crippen molar-refractivity contribution in [2.75, 3.05) is 24.2 Å². The van der Waals surface area contributed by atoms with Gasteiger partial charge >= 0.3 is 0 Å². The Kier molecular flexibility index (Phi) is 3.73. The summed E-state index contributed by atoms with van der Waals surface area (Å²) in [4.78, 5) is 8.70. The highest BCUT2D eigenvalue weighted by atomic mass is 15.1. The third-order valence-electron chi connectivity index (χ3n) is 3.94. The van der Waals surface area contributed by atoms with Crippen LogP contribution in [0.25, 0.3) is 0 Å². The molecule has 0 bridgehead atoms. The third-order valence-corrected chi connectivity index (χ3v) is 3.94. The molecular formula is C14H24N4. The van der Waals surface area contributed by atoms with Crippen molar-refractivity contribution in [1.82, 2.24) is 9.97 Å². The smallest absolute Gasteiger partial charge is 0.135 e. The van der Waals surface area contributed by atoms with Gasteiger partial charge in [0.15, 0.2) is 0 Å². The molecule has 0 aliphatic heterocycles. The van der Waals surface area contributed by atoms with E-state index in [1.807, 2.05) is 7.05 Å². The summed E-state index contributed by atoms with van der Waals surface area (Å²) in [5, 5.41) is 6.67. The van der Waals surface area contributed by atoms with Crippen LogP contribution in [0.15, 0.2) is 6.33 Å². The second kappa shape index (κ2) is 5.12. The molecule has 0 atom stereocenters. The molecule has 1 aromatic rings. The van der Waals surface area contributed by atoms with E-state index in [1.165, 1.54) is 24.8 Å². The van der Waals surface area contributed by atoms with E-state index in [9.17, 15) is 0 Å². The van der Waals surface area contributed by atoms with Crippen molar-refractivity contribution in [3.8, 4) is 0 Å². The summed E-state index contributed by atoms with van der Waals surface area (Å²) in [5.74, 6) is 2.32. The van der Waals surface area contributed by atoms with Crippen molar-refractivity contribution in [1.29, 1.82) is 0 Å². The first kappa shape index (κ1) is 13.1. The van der Waals surface area contributed by atoms with Gasteiger partial charge in [-0.25, -0.2) is 9.97 Å². The summed E-state index contributed by atoms with van der Waals surface area (Å²) in [5.41, 5.74) is 1.64. The Balaban J connectivity index is 2.16. The topological polar surface area (TPSA) is 49.8 Å². The molecule has 0 spiro atoms. The lowest BCUT2D eigenvalue weighted by Gasteiger charge is -2.38.